The Hall–Kier alpha value is -0.820. The molecule has 1 heteroatoms. The summed E-state index contributed by atoms with van der Waals surface area (Å²) in [7, 11) is 0. The third-order valence-corrected chi connectivity index (χ3v) is 5.64. The summed E-state index contributed by atoms with van der Waals surface area (Å²) < 4.78 is 0. The van der Waals surface area contributed by atoms with E-state index in [2.05, 4.69) is 43.4 Å². The fraction of sp³-hybridized carbons (Fsp3) is 0.700. The maximum atomic E-state index is 3.66. The van der Waals surface area contributed by atoms with Crippen LogP contribution in [-0.4, -0.2) is 12.6 Å². The minimum absolute atomic E-state index is 0.605. The van der Waals surface area contributed by atoms with Crippen LogP contribution in [0.25, 0.3) is 0 Å². The van der Waals surface area contributed by atoms with Crippen molar-refractivity contribution in [1.29, 1.82) is 0 Å². The number of hydrogen-bond donors (Lipinski definition) is 1. The Balaban J connectivity index is 1.67. The number of benzene rings is 1. The smallest absolute Gasteiger partial charge is 0.00104 e. The van der Waals surface area contributed by atoms with E-state index < -0.39 is 0 Å². The first-order valence-corrected chi connectivity index (χ1v) is 9.07. The number of hydrogen-bond acceptors (Lipinski definition) is 1. The van der Waals surface area contributed by atoms with Gasteiger partial charge in [-0.25, -0.2) is 0 Å². The van der Waals surface area contributed by atoms with Crippen LogP contribution in [0.15, 0.2) is 24.3 Å². The lowest BCUT2D eigenvalue weighted by Gasteiger charge is -2.33. The molecule has 2 saturated carbocycles. The van der Waals surface area contributed by atoms with Crippen molar-refractivity contribution < 1.29 is 0 Å². The van der Waals surface area contributed by atoms with Crippen LogP contribution in [0.5, 0.6) is 0 Å². The molecular formula is C20H31N. The molecule has 1 aromatic rings. The largest absolute Gasteiger partial charge is 0.314 e. The van der Waals surface area contributed by atoms with E-state index in [1.54, 1.807) is 11.1 Å². The zero-order valence-corrected chi connectivity index (χ0v) is 13.8. The van der Waals surface area contributed by atoms with E-state index in [1.807, 2.05) is 0 Å². The zero-order valence-electron chi connectivity index (χ0n) is 13.8. The first kappa shape index (κ1) is 15.1. The quantitative estimate of drug-likeness (QED) is 0.781. The van der Waals surface area contributed by atoms with Gasteiger partial charge >= 0.3 is 0 Å². The Bertz CT molecular complexity index is 430. The van der Waals surface area contributed by atoms with Crippen molar-refractivity contribution in [2.45, 2.75) is 76.7 Å². The molecule has 21 heavy (non-hydrogen) atoms. The Morgan fingerprint density at radius 2 is 1.57 bits per heavy atom. The first-order chi connectivity index (χ1) is 10.2. The van der Waals surface area contributed by atoms with E-state index in [9.17, 15) is 0 Å². The van der Waals surface area contributed by atoms with Crippen molar-refractivity contribution >= 4 is 0 Å². The molecule has 0 aliphatic heterocycles. The van der Waals surface area contributed by atoms with Crippen LogP contribution in [0.2, 0.25) is 0 Å². The molecule has 0 aromatic heterocycles. The molecule has 1 nitrogen and oxygen atoms in total. The molecule has 1 aromatic carbocycles. The molecule has 1 N–H and O–H groups in total. The highest BCUT2D eigenvalue weighted by Gasteiger charge is 2.27. The van der Waals surface area contributed by atoms with E-state index >= 15 is 0 Å². The fourth-order valence-electron chi connectivity index (χ4n) is 4.03. The average molecular weight is 285 g/mol. The van der Waals surface area contributed by atoms with E-state index in [-0.39, 0.29) is 0 Å². The van der Waals surface area contributed by atoms with Gasteiger partial charge in [0.05, 0.1) is 0 Å². The van der Waals surface area contributed by atoms with E-state index in [0.717, 1.165) is 17.8 Å². The van der Waals surface area contributed by atoms with Crippen molar-refractivity contribution in [3.05, 3.63) is 35.4 Å². The Labute approximate surface area is 130 Å². The molecule has 2 fully saturated rings. The van der Waals surface area contributed by atoms with Crippen LogP contribution in [0.4, 0.5) is 0 Å². The van der Waals surface area contributed by atoms with Gasteiger partial charge in [-0.05, 0) is 61.1 Å². The summed E-state index contributed by atoms with van der Waals surface area (Å²) in [5.74, 6) is 2.47. The van der Waals surface area contributed by atoms with Gasteiger partial charge in [-0.1, -0.05) is 57.4 Å². The van der Waals surface area contributed by atoms with Crippen molar-refractivity contribution in [3.8, 4) is 0 Å². The van der Waals surface area contributed by atoms with Crippen molar-refractivity contribution in [2.75, 3.05) is 6.54 Å². The maximum Gasteiger partial charge on any atom is 0.00104 e. The molecule has 0 spiro atoms. The van der Waals surface area contributed by atoms with Crippen molar-refractivity contribution in [1.82, 2.24) is 5.32 Å². The summed E-state index contributed by atoms with van der Waals surface area (Å²) >= 11 is 0. The highest BCUT2D eigenvalue weighted by atomic mass is 14.9. The summed E-state index contributed by atoms with van der Waals surface area (Å²) in [4.78, 5) is 0. The molecule has 116 valence electrons. The predicted molar refractivity (Wildman–Crippen MR) is 90.9 cm³/mol. The highest BCUT2D eigenvalue weighted by molar-refractivity contribution is 5.29. The Morgan fingerprint density at radius 3 is 2.19 bits per heavy atom. The molecule has 2 aliphatic carbocycles. The van der Waals surface area contributed by atoms with Gasteiger partial charge in [0.15, 0.2) is 0 Å². The summed E-state index contributed by atoms with van der Waals surface area (Å²) in [5, 5.41) is 3.66. The second-order valence-corrected chi connectivity index (χ2v) is 7.51. The zero-order chi connectivity index (χ0) is 14.7. The Morgan fingerprint density at radius 1 is 0.905 bits per heavy atom. The number of rotatable bonds is 5. The van der Waals surface area contributed by atoms with E-state index in [4.69, 9.17) is 0 Å². The molecule has 0 radical (unpaired) electrons. The van der Waals surface area contributed by atoms with E-state index in [0.29, 0.717) is 6.04 Å². The van der Waals surface area contributed by atoms with E-state index in [1.165, 1.54) is 51.5 Å². The summed E-state index contributed by atoms with van der Waals surface area (Å²) in [5.41, 5.74) is 3.17. The minimum atomic E-state index is 0.605. The SMILES string of the molecule is CC(C)NCC1CCCCC1c1ccc(C2CCC2)cc1. The van der Waals surface area contributed by atoms with Crippen molar-refractivity contribution in [3.63, 3.8) is 0 Å². The second kappa shape index (κ2) is 6.96. The summed E-state index contributed by atoms with van der Waals surface area (Å²) in [6, 6.07) is 10.3. The molecule has 0 heterocycles. The molecule has 2 atom stereocenters. The first-order valence-electron chi connectivity index (χ1n) is 9.07. The van der Waals surface area contributed by atoms with Gasteiger partial charge < -0.3 is 5.32 Å². The lowest BCUT2D eigenvalue weighted by atomic mass is 9.74. The molecule has 0 bridgehead atoms. The van der Waals surface area contributed by atoms with Gasteiger partial charge in [0.1, 0.15) is 0 Å². The standard InChI is InChI=1S/C20H31N/c1-15(2)21-14-19-6-3-4-9-20(19)18-12-10-17(11-13-18)16-7-5-8-16/h10-13,15-16,19-21H,3-9,14H2,1-2H3. The highest BCUT2D eigenvalue weighted by Crippen LogP contribution is 2.40. The fourth-order valence-corrected chi connectivity index (χ4v) is 4.03. The second-order valence-electron chi connectivity index (χ2n) is 7.51. The number of nitrogens with one attached hydrogen (secondary N) is 1. The molecule has 2 aliphatic rings. The van der Waals surface area contributed by atoms with Crippen molar-refractivity contribution in [2.24, 2.45) is 5.92 Å². The van der Waals surface area contributed by atoms with Gasteiger partial charge in [0.2, 0.25) is 0 Å². The van der Waals surface area contributed by atoms with Crippen LogP contribution in [0.3, 0.4) is 0 Å². The van der Waals surface area contributed by atoms with Crippen LogP contribution in [-0.2, 0) is 0 Å². The molecule has 3 rings (SSSR count). The topological polar surface area (TPSA) is 12.0 Å². The summed E-state index contributed by atoms with van der Waals surface area (Å²) in [6.07, 6.45) is 9.85. The Kier molecular flexibility index (Phi) is 5.00. The van der Waals surface area contributed by atoms with Gasteiger partial charge in [-0.15, -0.1) is 0 Å². The third-order valence-electron chi connectivity index (χ3n) is 5.64. The van der Waals surface area contributed by atoms with Gasteiger partial charge in [0, 0.05) is 6.04 Å². The molecule has 2 unspecified atom stereocenters. The molecular weight excluding hydrogens is 254 g/mol. The molecule has 0 saturated heterocycles. The lowest BCUT2D eigenvalue weighted by Crippen LogP contribution is -2.33. The average Bonchev–Trinajstić information content (AvgIpc) is 2.44. The minimum Gasteiger partial charge on any atom is -0.314 e. The van der Waals surface area contributed by atoms with Crippen LogP contribution >= 0.6 is 0 Å². The summed E-state index contributed by atoms with van der Waals surface area (Å²) in [6.45, 7) is 5.70. The molecule has 0 amide bonds. The van der Waals surface area contributed by atoms with Gasteiger partial charge in [-0.2, -0.15) is 0 Å². The predicted octanol–water partition coefficient (Wildman–Crippen LogP) is 5.23. The maximum absolute atomic E-state index is 3.66. The van der Waals surface area contributed by atoms with Crippen LogP contribution < -0.4 is 5.32 Å². The monoisotopic (exact) mass is 285 g/mol. The van der Waals surface area contributed by atoms with Crippen LogP contribution in [0, 0.1) is 5.92 Å². The third kappa shape index (κ3) is 3.69. The lowest BCUT2D eigenvalue weighted by molar-refractivity contribution is 0.289. The van der Waals surface area contributed by atoms with Crippen LogP contribution in [0.1, 0.15) is 81.8 Å². The van der Waals surface area contributed by atoms with Gasteiger partial charge in [0.25, 0.3) is 0 Å². The normalized spacial score (nSPS) is 26.8. The van der Waals surface area contributed by atoms with Gasteiger partial charge in [-0.3, -0.25) is 0 Å².